The number of carbonyl (C=O) groups is 2. The molecular formula is C22H24N2O4. The number of aromatic nitrogens is 1. The molecule has 6 nitrogen and oxygen atoms in total. The molecule has 1 amide bonds. The lowest BCUT2D eigenvalue weighted by molar-refractivity contribution is -0.117. The van der Waals surface area contributed by atoms with Crippen LogP contribution >= 0.6 is 0 Å². The number of carbonyl (C=O) groups excluding carboxylic acids is 2. The number of benzene rings is 1. The average Bonchev–Trinajstić information content (AvgIpc) is 3.07. The Morgan fingerprint density at radius 2 is 1.89 bits per heavy atom. The second-order valence-electron chi connectivity index (χ2n) is 6.52. The maximum atomic E-state index is 13.0. The Labute approximate surface area is 164 Å². The van der Waals surface area contributed by atoms with Crippen LogP contribution < -0.4 is 10.1 Å². The van der Waals surface area contributed by atoms with Gasteiger partial charge in [0.1, 0.15) is 11.4 Å². The minimum absolute atomic E-state index is 0.262. The van der Waals surface area contributed by atoms with Crippen LogP contribution in [-0.4, -0.2) is 42.5 Å². The highest BCUT2D eigenvalue weighted by molar-refractivity contribution is 6.43. The summed E-state index contributed by atoms with van der Waals surface area (Å²) in [6, 6.07) is 14.8. The van der Waals surface area contributed by atoms with Crippen LogP contribution in [0.15, 0.2) is 54.7 Å². The Balaban J connectivity index is 2.02. The number of nitrogens with zero attached hydrogens (tertiary/aromatic N) is 1. The van der Waals surface area contributed by atoms with Crippen LogP contribution in [0.1, 0.15) is 24.3 Å². The van der Waals surface area contributed by atoms with Gasteiger partial charge in [0, 0.05) is 30.4 Å². The number of hydrogen-bond donors (Lipinski definition) is 1. The third kappa shape index (κ3) is 4.07. The molecule has 0 saturated heterocycles. The van der Waals surface area contributed by atoms with E-state index in [1.165, 1.54) is 0 Å². The monoisotopic (exact) mass is 380 g/mol. The summed E-state index contributed by atoms with van der Waals surface area (Å²) in [7, 11) is 1.55. The van der Waals surface area contributed by atoms with Gasteiger partial charge in [-0.2, -0.15) is 0 Å². The van der Waals surface area contributed by atoms with Crippen molar-refractivity contribution < 1.29 is 19.1 Å². The zero-order valence-electron chi connectivity index (χ0n) is 16.3. The number of rotatable bonds is 8. The van der Waals surface area contributed by atoms with E-state index in [0.29, 0.717) is 24.5 Å². The quantitative estimate of drug-likeness (QED) is 0.481. The van der Waals surface area contributed by atoms with E-state index in [1.807, 2.05) is 55.5 Å². The van der Waals surface area contributed by atoms with Crippen LogP contribution in [0.3, 0.4) is 0 Å². The van der Waals surface area contributed by atoms with Gasteiger partial charge in [-0.1, -0.05) is 18.2 Å². The molecule has 0 aliphatic rings. The maximum absolute atomic E-state index is 13.0. The lowest BCUT2D eigenvalue weighted by Gasteiger charge is -2.13. The molecule has 6 heteroatoms. The summed E-state index contributed by atoms with van der Waals surface area (Å²) in [5, 5.41) is 2.69. The summed E-state index contributed by atoms with van der Waals surface area (Å²) in [6.07, 6.45) is 1.78. The number of fused-ring (bicyclic) bond motifs is 1. The zero-order valence-corrected chi connectivity index (χ0v) is 16.3. The molecule has 3 rings (SSSR count). The number of Topliss-reactive ketones (excluding diaryl/α,β-unsaturated/α-hetero) is 1. The summed E-state index contributed by atoms with van der Waals surface area (Å²) >= 11 is 0. The molecule has 2 heterocycles. The summed E-state index contributed by atoms with van der Waals surface area (Å²) in [5.41, 5.74) is 2.72. The minimum Gasteiger partial charge on any atom is -0.494 e. The predicted molar refractivity (Wildman–Crippen MR) is 108 cm³/mol. The van der Waals surface area contributed by atoms with Gasteiger partial charge in [-0.15, -0.1) is 0 Å². The second kappa shape index (κ2) is 8.71. The first-order valence-electron chi connectivity index (χ1n) is 9.22. The van der Waals surface area contributed by atoms with Crippen LogP contribution in [-0.2, 0) is 9.53 Å². The fourth-order valence-corrected chi connectivity index (χ4v) is 3.16. The number of nitrogens with one attached hydrogen (secondary N) is 1. The molecule has 0 bridgehead atoms. The van der Waals surface area contributed by atoms with Crippen molar-refractivity contribution in [2.24, 2.45) is 0 Å². The van der Waals surface area contributed by atoms with Crippen LogP contribution in [0.4, 0.5) is 0 Å². The molecule has 0 fully saturated rings. The molecule has 1 aromatic carbocycles. The van der Waals surface area contributed by atoms with Gasteiger partial charge in [0.2, 0.25) is 0 Å². The smallest absolute Gasteiger partial charge is 0.294 e. The van der Waals surface area contributed by atoms with Gasteiger partial charge < -0.3 is 19.2 Å². The molecule has 0 spiro atoms. The first kappa shape index (κ1) is 19.6. The molecule has 2 aromatic heterocycles. The largest absolute Gasteiger partial charge is 0.494 e. The Morgan fingerprint density at radius 1 is 1.14 bits per heavy atom. The standard InChI is InChI=1S/C22H24N2O4/c1-4-28-18-10-8-16(9-11-18)19-13-17-7-5-6-12-24(17)20(19)21(25)22(26)23-15(2)14-27-3/h5-13,15H,4,14H2,1-3H3,(H,23,26)/t15-/m1/s1. The molecule has 146 valence electrons. The van der Waals surface area contributed by atoms with Crippen molar-refractivity contribution in [1.82, 2.24) is 9.72 Å². The number of ketones is 1. The predicted octanol–water partition coefficient (Wildman–Crippen LogP) is 3.34. The highest BCUT2D eigenvalue weighted by Crippen LogP contribution is 2.29. The molecular weight excluding hydrogens is 356 g/mol. The van der Waals surface area contributed by atoms with Gasteiger partial charge in [0.25, 0.3) is 11.7 Å². The molecule has 0 unspecified atom stereocenters. The summed E-state index contributed by atoms with van der Waals surface area (Å²) in [6.45, 7) is 4.63. The first-order chi connectivity index (χ1) is 13.5. The zero-order chi connectivity index (χ0) is 20.1. The van der Waals surface area contributed by atoms with Crippen molar-refractivity contribution >= 4 is 17.2 Å². The van der Waals surface area contributed by atoms with E-state index in [2.05, 4.69) is 5.32 Å². The molecule has 0 saturated carbocycles. The minimum atomic E-state index is -0.652. The average molecular weight is 380 g/mol. The number of amides is 1. The molecule has 28 heavy (non-hydrogen) atoms. The van der Waals surface area contributed by atoms with E-state index >= 15 is 0 Å². The summed E-state index contributed by atoms with van der Waals surface area (Å²) in [4.78, 5) is 25.6. The van der Waals surface area contributed by atoms with Crippen LogP contribution in [0.25, 0.3) is 16.6 Å². The van der Waals surface area contributed by atoms with E-state index in [9.17, 15) is 9.59 Å². The van der Waals surface area contributed by atoms with Gasteiger partial charge in [-0.05, 0) is 49.7 Å². The van der Waals surface area contributed by atoms with Crippen LogP contribution in [0.2, 0.25) is 0 Å². The Morgan fingerprint density at radius 3 is 2.57 bits per heavy atom. The van der Waals surface area contributed by atoms with E-state index in [4.69, 9.17) is 9.47 Å². The van der Waals surface area contributed by atoms with Gasteiger partial charge >= 0.3 is 0 Å². The van der Waals surface area contributed by atoms with E-state index in [0.717, 1.165) is 16.8 Å². The van der Waals surface area contributed by atoms with Crippen LogP contribution in [0, 0.1) is 0 Å². The lowest BCUT2D eigenvalue weighted by Crippen LogP contribution is -2.40. The number of methoxy groups -OCH3 is 1. The Hall–Kier alpha value is -3.12. The highest BCUT2D eigenvalue weighted by atomic mass is 16.5. The normalized spacial score (nSPS) is 12.0. The SMILES string of the molecule is CCOc1ccc(-c2cc3ccccn3c2C(=O)C(=O)N[C@H](C)COC)cc1. The van der Waals surface area contributed by atoms with Crippen molar-refractivity contribution in [2.75, 3.05) is 20.3 Å². The topological polar surface area (TPSA) is 69.0 Å². The number of ether oxygens (including phenoxy) is 2. The maximum Gasteiger partial charge on any atom is 0.294 e. The van der Waals surface area contributed by atoms with E-state index in [1.54, 1.807) is 24.6 Å². The Bertz CT molecular complexity index is 976. The third-order valence-corrected chi connectivity index (χ3v) is 4.37. The fraction of sp³-hybridized carbons (Fsp3) is 0.273. The van der Waals surface area contributed by atoms with E-state index in [-0.39, 0.29) is 6.04 Å². The van der Waals surface area contributed by atoms with Crippen LogP contribution in [0.5, 0.6) is 5.75 Å². The van der Waals surface area contributed by atoms with E-state index < -0.39 is 11.7 Å². The molecule has 1 N–H and O–H groups in total. The van der Waals surface area contributed by atoms with Crippen molar-refractivity contribution in [1.29, 1.82) is 0 Å². The van der Waals surface area contributed by atoms with Gasteiger partial charge in [-0.25, -0.2) is 0 Å². The summed E-state index contributed by atoms with van der Waals surface area (Å²) < 4.78 is 12.3. The van der Waals surface area contributed by atoms with Crippen molar-refractivity contribution in [3.8, 4) is 16.9 Å². The molecule has 0 aliphatic carbocycles. The summed E-state index contributed by atoms with van der Waals surface area (Å²) in [5.74, 6) is -0.479. The third-order valence-electron chi connectivity index (χ3n) is 4.37. The van der Waals surface area contributed by atoms with Gasteiger partial charge in [0.05, 0.1) is 13.2 Å². The fourth-order valence-electron chi connectivity index (χ4n) is 3.16. The van der Waals surface area contributed by atoms with Crippen molar-refractivity contribution in [2.45, 2.75) is 19.9 Å². The highest BCUT2D eigenvalue weighted by Gasteiger charge is 2.25. The number of hydrogen-bond acceptors (Lipinski definition) is 4. The molecule has 0 aliphatic heterocycles. The second-order valence-corrected chi connectivity index (χ2v) is 6.52. The molecule has 0 radical (unpaired) electrons. The number of pyridine rings is 1. The van der Waals surface area contributed by atoms with Crippen molar-refractivity contribution in [3.05, 3.63) is 60.4 Å². The molecule has 3 aromatic rings. The molecule has 1 atom stereocenters. The van der Waals surface area contributed by atoms with Crippen molar-refractivity contribution in [3.63, 3.8) is 0 Å². The van der Waals surface area contributed by atoms with Gasteiger partial charge in [-0.3, -0.25) is 9.59 Å². The first-order valence-corrected chi connectivity index (χ1v) is 9.22. The Kier molecular flexibility index (Phi) is 6.11. The van der Waals surface area contributed by atoms with Gasteiger partial charge in [0.15, 0.2) is 0 Å². The lowest BCUT2D eigenvalue weighted by atomic mass is 10.0.